The van der Waals surface area contributed by atoms with Crippen LogP contribution < -0.4 is 14.8 Å². The molecular weight excluding hydrogens is 336 g/mol. The third-order valence-corrected chi connectivity index (χ3v) is 3.92. The fourth-order valence-corrected chi connectivity index (χ4v) is 2.49. The second kappa shape index (κ2) is 9.00. The molecule has 1 saturated heterocycles. The first kappa shape index (κ1) is 17.9. The quantitative estimate of drug-likeness (QED) is 0.750. The molecule has 1 aromatic carbocycles. The summed E-state index contributed by atoms with van der Waals surface area (Å²) in [5, 5.41) is 11.2. The fourth-order valence-electron chi connectivity index (χ4n) is 2.49. The van der Waals surface area contributed by atoms with Crippen LogP contribution >= 0.6 is 0 Å². The molecule has 1 aliphatic rings. The van der Waals surface area contributed by atoms with Gasteiger partial charge in [0.1, 0.15) is 23.9 Å². The van der Waals surface area contributed by atoms with Gasteiger partial charge in [0.15, 0.2) is 5.69 Å². The summed E-state index contributed by atoms with van der Waals surface area (Å²) in [6.45, 7) is 3.34. The molecule has 0 unspecified atom stereocenters. The van der Waals surface area contributed by atoms with E-state index < -0.39 is 0 Å². The molecule has 1 N–H and O–H groups in total. The lowest BCUT2D eigenvalue weighted by atomic mass is 10.3. The van der Waals surface area contributed by atoms with Crippen molar-refractivity contribution in [3.8, 4) is 11.5 Å². The third kappa shape index (κ3) is 4.82. The molecule has 0 aliphatic carbocycles. The van der Waals surface area contributed by atoms with E-state index in [1.165, 1.54) is 0 Å². The lowest BCUT2D eigenvalue weighted by Gasteiger charge is -2.26. The maximum Gasteiger partial charge on any atom is 0.274 e. The zero-order valence-electron chi connectivity index (χ0n) is 14.7. The lowest BCUT2D eigenvalue weighted by molar-refractivity contribution is 0.0298. The van der Waals surface area contributed by atoms with Crippen LogP contribution in [-0.4, -0.2) is 67.6 Å². The van der Waals surface area contributed by atoms with Crippen LogP contribution in [0.25, 0.3) is 0 Å². The number of rotatable bonds is 7. The minimum Gasteiger partial charge on any atom is -0.497 e. The van der Waals surface area contributed by atoms with Crippen molar-refractivity contribution in [1.82, 2.24) is 15.1 Å². The van der Waals surface area contributed by atoms with E-state index >= 15 is 0 Å². The molecule has 0 radical (unpaired) electrons. The average molecular weight is 358 g/mol. The highest BCUT2D eigenvalue weighted by molar-refractivity contribution is 5.92. The zero-order chi connectivity index (χ0) is 18.2. The van der Waals surface area contributed by atoms with Gasteiger partial charge >= 0.3 is 0 Å². The molecule has 0 saturated carbocycles. The number of aromatic nitrogens is 2. The molecule has 0 bridgehead atoms. The standard InChI is InChI=1S/C18H22N4O4/c1-24-14-2-4-15(5-3-14)26-11-8-19-17-7-6-16(20-21-17)18(23)22-9-12-25-13-10-22/h2-7H,8-13H2,1H3,(H,19,21). The van der Waals surface area contributed by atoms with Crippen LogP contribution in [-0.2, 0) is 4.74 Å². The molecule has 8 nitrogen and oxygen atoms in total. The molecule has 1 fully saturated rings. The van der Waals surface area contributed by atoms with Crippen LogP contribution in [0.15, 0.2) is 36.4 Å². The average Bonchev–Trinajstić information content (AvgIpc) is 2.72. The number of nitrogens with zero attached hydrogens (tertiary/aromatic N) is 3. The second-order valence-corrected chi connectivity index (χ2v) is 5.66. The summed E-state index contributed by atoms with van der Waals surface area (Å²) in [7, 11) is 1.63. The van der Waals surface area contributed by atoms with Crippen LogP contribution in [0.5, 0.6) is 11.5 Å². The molecular formula is C18H22N4O4. The Hall–Kier alpha value is -2.87. The monoisotopic (exact) mass is 358 g/mol. The van der Waals surface area contributed by atoms with Crippen molar-refractivity contribution in [3.05, 3.63) is 42.1 Å². The predicted molar refractivity (Wildman–Crippen MR) is 95.7 cm³/mol. The second-order valence-electron chi connectivity index (χ2n) is 5.66. The van der Waals surface area contributed by atoms with Gasteiger partial charge in [-0.05, 0) is 36.4 Å². The first-order valence-corrected chi connectivity index (χ1v) is 8.48. The Bertz CT molecular complexity index is 700. The van der Waals surface area contributed by atoms with Gasteiger partial charge in [0.2, 0.25) is 0 Å². The Morgan fingerprint density at radius 1 is 1.12 bits per heavy atom. The van der Waals surface area contributed by atoms with Crippen LogP contribution in [0, 0.1) is 0 Å². The molecule has 0 spiro atoms. The number of benzene rings is 1. The number of carbonyl (C=O) groups is 1. The molecule has 3 rings (SSSR count). The normalized spacial score (nSPS) is 14.0. The zero-order valence-corrected chi connectivity index (χ0v) is 14.7. The summed E-state index contributed by atoms with van der Waals surface area (Å²) in [5.41, 5.74) is 0.340. The maximum atomic E-state index is 12.3. The third-order valence-electron chi connectivity index (χ3n) is 3.92. The number of nitrogens with one attached hydrogen (secondary N) is 1. The Morgan fingerprint density at radius 3 is 2.50 bits per heavy atom. The number of hydrogen-bond donors (Lipinski definition) is 1. The van der Waals surface area contributed by atoms with E-state index in [2.05, 4.69) is 15.5 Å². The molecule has 0 atom stereocenters. The maximum absolute atomic E-state index is 12.3. The molecule has 8 heteroatoms. The number of amides is 1. The highest BCUT2D eigenvalue weighted by atomic mass is 16.5. The van der Waals surface area contributed by atoms with E-state index in [1.54, 1.807) is 24.1 Å². The van der Waals surface area contributed by atoms with Crippen LogP contribution in [0.3, 0.4) is 0 Å². The van der Waals surface area contributed by atoms with E-state index in [-0.39, 0.29) is 5.91 Å². The Morgan fingerprint density at radius 2 is 1.85 bits per heavy atom. The summed E-state index contributed by atoms with van der Waals surface area (Å²) in [6, 6.07) is 10.8. The Balaban J connectivity index is 1.43. The first-order chi connectivity index (χ1) is 12.8. The number of anilines is 1. The summed E-state index contributed by atoms with van der Waals surface area (Å²) < 4.78 is 16.0. The van der Waals surface area contributed by atoms with E-state index in [9.17, 15) is 4.79 Å². The van der Waals surface area contributed by atoms with Crippen molar-refractivity contribution in [1.29, 1.82) is 0 Å². The van der Waals surface area contributed by atoms with Crippen molar-refractivity contribution in [2.45, 2.75) is 0 Å². The predicted octanol–water partition coefficient (Wildman–Crippen LogP) is 1.45. The van der Waals surface area contributed by atoms with Crippen LogP contribution in [0.1, 0.15) is 10.5 Å². The molecule has 1 aromatic heterocycles. The highest BCUT2D eigenvalue weighted by Gasteiger charge is 2.19. The molecule has 2 heterocycles. The molecule has 2 aromatic rings. The van der Waals surface area contributed by atoms with Crippen molar-refractivity contribution in [2.75, 3.05) is 51.9 Å². The van der Waals surface area contributed by atoms with E-state index in [0.717, 1.165) is 11.5 Å². The topological polar surface area (TPSA) is 85.8 Å². The van der Waals surface area contributed by atoms with E-state index in [0.29, 0.717) is 51.0 Å². The number of methoxy groups -OCH3 is 1. The van der Waals surface area contributed by atoms with Crippen LogP contribution in [0.4, 0.5) is 5.82 Å². The smallest absolute Gasteiger partial charge is 0.274 e. The number of hydrogen-bond acceptors (Lipinski definition) is 7. The lowest BCUT2D eigenvalue weighted by Crippen LogP contribution is -2.41. The van der Waals surface area contributed by atoms with E-state index in [1.807, 2.05) is 24.3 Å². The van der Waals surface area contributed by atoms with Gasteiger partial charge in [-0.2, -0.15) is 0 Å². The van der Waals surface area contributed by atoms with Crippen molar-refractivity contribution in [3.63, 3.8) is 0 Å². The van der Waals surface area contributed by atoms with Gasteiger partial charge in [-0.1, -0.05) is 0 Å². The number of carbonyl (C=O) groups excluding carboxylic acids is 1. The van der Waals surface area contributed by atoms with Gasteiger partial charge in [-0.15, -0.1) is 10.2 Å². The van der Waals surface area contributed by atoms with Crippen LogP contribution in [0.2, 0.25) is 0 Å². The summed E-state index contributed by atoms with van der Waals surface area (Å²) in [5.74, 6) is 2.04. The highest BCUT2D eigenvalue weighted by Crippen LogP contribution is 2.16. The number of ether oxygens (including phenoxy) is 3. The molecule has 138 valence electrons. The van der Waals surface area contributed by atoms with Gasteiger partial charge in [0.05, 0.1) is 26.9 Å². The minimum atomic E-state index is -0.116. The molecule has 26 heavy (non-hydrogen) atoms. The Kier molecular flexibility index (Phi) is 6.21. The van der Waals surface area contributed by atoms with Crippen molar-refractivity contribution in [2.24, 2.45) is 0 Å². The van der Waals surface area contributed by atoms with Gasteiger partial charge < -0.3 is 24.4 Å². The van der Waals surface area contributed by atoms with Crippen molar-refractivity contribution >= 4 is 11.7 Å². The van der Waals surface area contributed by atoms with Gasteiger partial charge in [0.25, 0.3) is 5.91 Å². The largest absolute Gasteiger partial charge is 0.497 e. The SMILES string of the molecule is COc1ccc(OCCNc2ccc(C(=O)N3CCOCC3)nn2)cc1. The van der Waals surface area contributed by atoms with Gasteiger partial charge in [-0.25, -0.2) is 0 Å². The van der Waals surface area contributed by atoms with E-state index in [4.69, 9.17) is 14.2 Å². The summed E-state index contributed by atoms with van der Waals surface area (Å²) in [4.78, 5) is 14.0. The minimum absolute atomic E-state index is 0.116. The summed E-state index contributed by atoms with van der Waals surface area (Å²) >= 11 is 0. The summed E-state index contributed by atoms with van der Waals surface area (Å²) in [6.07, 6.45) is 0. The Labute approximate surface area is 152 Å². The fraction of sp³-hybridized carbons (Fsp3) is 0.389. The molecule has 1 amide bonds. The first-order valence-electron chi connectivity index (χ1n) is 8.48. The number of morpholine rings is 1. The van der Waals surface area contributed by atoms with Gasteiger partial charge in [-0.3, -0.25) is 4.79 Å². The van der Waals surface area contributed by atoms with Crippen molar-refractivity contribution < 1.29 is 19.0 Å². The molecule has 1 aliphatic heterocycles. The van der Waals surface area contributed by atoms with Gasteiger partial charge in [0, 0.05) is 13.1 Å².